The van der Waals surface area contributed by atoms with Crippen molar-refractivity contribution in [2.45, 2.75) is 0 Å². The molecule has 0 atom stereocenters. The fourth-order valence-corrected chi connectivity index (χ4v) is 3.32. The van der Waals surface area contributed by atoms with E-state index in [1.807, 2.05) is 36.4 Å². The second kappa shape index (κ2) is 5.29. The molecule has 4 heteroatoms. The van der Waals surface area contributed by atoms with Gasteiger partial charge in [0.2, 0.25) is 0 Å². The number of halogens is 2. The van der Waals surface area contributed by atoms with Crippen LogP contribution in [0.1, 0.15) is 0 Å². The quantitative estimate of drug-likeness (QED) is 0.459. The number of hydrogen-bond donors (Lipinski definition) is 0. The molecule has 1 nitrogen and oxygen atoms in total. The summed E-state index contributed by atoms with van der Waals surface area (Å²) in [5, 5.41) is 2.37. The molecule has 1 radical (unpaired) electrons. The first-order valence-corrected chi connectivity index (χ1v) is 7.80. The van der Waals surface area contributed by atoms with Crippen LogP contribution >= 0.6 is 15.9 Å². The van der Waals surface area contributed by atoms with Crippen LogP contribution in [0.4, 0.5) is 4.32 Å². The van der Waals surface area contributed by atoms with E-state index in [1.54, 1.807) is 6.07 Å². The van der Waals surface area contributed by atoms with Crippen molar-refractivity contribution >= 4 is 50.8 Å². The molecule has 0 bridgehead atoms. The van der Waals surface area contributed by atoms with E-state index in [0.717, 1.165) is 21.2 Å². The van der Waals surface area contributed by atoms with Crippen LogP contribution < -0.4 is 5.46 Å². The van der Waals surface area contributed by atoms with E-state index in [2.05, 4.69) is 44.8 Å². The maximum atomic E-state index is 12.9. The summed E-state index contributed by atoms with van der Waals surface area (Å²) in [6, 6.07) is 22.0. The Labute approximate surface area is 136 Å². The van der Waals surface area contributed by atoms with Crippen LogP contribution in [0.25, 0.3) is 27.5 Å². The highest BCUT2D eigenvalue weighted by atomic mass is 79.9. The van der Waals surface area contributed by atoms with Crippen LogP contribution in [0.3, 0.4) is 0 Å². The average molecular weight is 351 g/mol. The highest BCUT2D eigenvalue weighted by Gasteiger charge is 2.12. The molecule has 0 aliphatic rings. The van der Waals surface area contributed by atoms with E-state index < -0.39 is 0 Å². The van der Waals surface area contributed by atoms with Crippen molar-refractivity contribution in [3.8, 4) is 5.69 Å². The van der Waals surface area contributed by atoms with Crippen molar-refractivity contribution in [2.75, 3.05) is 0 Å². The van der Waals surface area contributed by atoms with Crippen molar-refractivity contribution in [1.82, 2.24) is 4.57 Å². The predicted molar refractivity (Wildman–Crippen MR) is 95.0 cm³/mol. The van der Waals surface area contributed by atoms with Crippen LogP contribution in [-0.2, 0) is 0 Å². The SMILES string of the molecule is F[B]c1cccc(-n2c3ccccc3c3cc(Br)ccc32)c1. The van der Waals surface area contributed by atoms with Gasteiger partial charge in [-0.25, -0.2) is 0 Å². The first-order chi connectivity index (χ1) is 10.8. The summed E-state index contributed by atoms with van der Waals surface area (Å²) >= 11 is 3.54. The van der Waals surface area contributed by atoms with Gasteiger partial charge in [-0.1, -0.05) is 46.3 Å². The molecule has 4 aromatic rings. The normalized spacial score (nSPS) is 11.2. The van der Waals surface area contributed by atoms with Crippen LogP contribution in [0, 0.1) is 0 Å². The molecule has 0 fully saturated rings. The third kappa shape index (κ3) is 2.06. The number of aromatic nitrogens is 1. The standard InChI is InChI=1S/C18H11BBrFN/c20-13-8-9-18-16(11-13)15-6-1-2-7-17(15)22(18)14-5-3-4-12(10-14)19-21/h1-11H. The predicted octanol–water partition coefficient (Wildman–Crippen LogP) is 4.76. The van der Waals surface area contributed by atoms with Crippen LogP contribution in [0.15, 0.2) is 71.2 Å². The molecule has 3 aromatic carbocycles. The van der Waals surface area contributed by atoms with Crippen molar-refractivity contribution in [2.24, 2.45) is 0 Å². The van der Waals surface area contributed by atoms with Gasteiger partial charge in [-0.3, -0.25) is 0 Å². The van der Waals surface area contributed by atoms with Crippen LogP contribution in [-0.4, -0.2) is 12.1 Å². The third-order valence-corrected chi connectivity index (χ3v) is 4.38. The van der Waals surface area contributed by atoms with Gasteiger partial charge < -0.3 is 8.88 Å². The summed E-state index contributed by atoms with van der Waals surface area (Å²) in [7, 11) is 0.633. The Balaban J connectivity index is 2.14. The molecule has 0 unspecified atom stereocenters. The van der Waals surface area contributed by atoms with Gasteiger partial charge in [0, 0.05) is 20.9 Å². The molecule has 0 saturated carbocycles. The smallest absolute Gasteiger partial charge is 0.335 e. The average Bonchev–Trinajstić information content (AvgIpc) is 2.89. The molecule has 1 heterocycles. The first kappa shape index (κ1) is 13.6. The van der Waals surface area contributed by atoms with Gasteiger partial charge >= 0.3 is 7.56 Å². The highest BCUT2D eigenvalue weighted by molar-refractivity contribution is 9.10. The van der Waals surface area contributed by atoms with Crippen molar-refractivity contribution in [3.63, 3.8) is 0 Å². The number of nitrogens with zero attached hydrogens (tertiary/aromatic N) is 1. The van der Waals surface area contributed by atoms with Gasteiger partial charge in [0.15, 0.2) is 0 Å². The minimum Gasteiger partial charge on any atom is -0.335 e. The molecule has 105 valence electrons. The molecule has 0 aliphatic heterocycles. The Morgan fingerprint density at radius 2 is 1.64 bits per heavy atom. The van der Waals surface area contributed by atoms with E-state index in [1.165, 1.54) is 10.8 Å². The summed E-state index contributed by atoms with van der Waals surface area (Å²) in [6.45, 7) is 0. The van der Waals surface area contributed by atoms with Crippen molar-refractivity contribution in [1.29, 1.82) is 0 Å². The summed E-state index contributed by atoms with van der Waals surface area (Å²) in [4.78, 5) is 0. The zero-order valence-electron chi connectivity index (χ0n) is 11.6. The van der Waals surface area contributed by atoms with Gasteiger partial charge in [-0.05, 0) is 41.9 Å². The molecule has 1 aromatic heterocycles. The number of hydrogen-bond acceptors (Lipinski definition) is 0. The third-order valence-electron chi connectivity index (χ3n) is 3.89. The van der Waals surface area contributed by atoms with Gasteiger partial charge in [-0.2, -0.15) is 0 Å². The first-order valence-electron chi connectivity index (χ1n) is 7.00. The van der Waals surface area contributed by atoms with Crippen molar-refractivity contribution < 1.29 is 4.32 Å². The Bertz CT molecular complexity index is 993. The Morgan fingerprint density at radius 1 is 0.818 bits per heavy atom. The minimum atomic E-state index is 0.570. The Morgan fingerprint density at radius 3 is 2.50 bits per heavy atom. The lowest BCUT2D eigenvalue weighted by atomic mass is 9.91. The van der Waals surface area contributed by atoms with Gasteiger partial charge in [0.05, 0.1) is 11.0 Å². The lowest BCUT2D eigenvalue weighted by Gasteiger charge is -2.08. The molecule has 4 rings (SSSR count). The lowest BCUT2D eigenvalue weighted by molar-refractivity contribution is 0.884. The van der Waals surface area contributed by atoms with Crippen LogP contribution in [0.5, 0.6) is 0 Å². The van der Waals surface area contributed by atoms with Gasteiger partial charge in [0.25, 0.3) is 0 Å². The number of benzene rings is 3. The Hall–Kier alpha value is -2.07. The van der Waals surface area contributed by atoms with Crippen LogP contribution in [0.2, 0.25) is 0 Å². The van der Waals surface area contributed by atoms with E-state index in [0.29, 0.717) is 13.0 Å². The van der Waals surface area contributed by atoms with Crippen molar-refractivity contribution in [3.05, 3.63) is 71.2 Å². The van der Waals surface area contributed by atoms with Gasteiger partial charge in [0.1, 0.15) is 0 Å². The molecular formula is C18H11BBrFN. The monoisotopic (exact) mass is 350 g/mol. The molecule has 22 heavy (non-hydrogen) atoms. The highest BCUT2D eigenvalue weighted by Crippen LogP contribution is 2.33. The molecular weight excluding hydrogens is 340 g/mol. The molecule has 0 aliphatic carbocycles. The second-order valence-electron chi connectivity index (χ2n) is 5.22. The minimum absolute atomic E-state index is 0.570. The summed E-state index contributed by atoms with van der Waals surface area (Å²) in [6.07, 6.45) is 0. The summed E-state index contributed by atoms with van der Waals surface area (Å²) in [5.41, 5.74) is 3.76. The molecule has 0 saturated heterocycles. The Kier molecular flexibility index (Phi) is 3.27. The fourth-order valence-electron chi connectivity index (χ4n) is 2.96. The largest absolute Gasteiger partial charge is 0.391 e. The molecule has 0 N–H and O–H groups in total. The lowest BCUT2D eigenvalue weighted by Crippen LogP contribution is -2.10. The number of para-hydroxylation sites is 1. The van der Waals surface area contributed by atoms with E-state index in [4.69, 9.17) is 0 Å². The van der Waals surface area contributed by atoms with E-state index >= 15 is 0 Å². The topological polar surface area (TPSA) is 4.93 Å². The van der Waals surface area contributed by atoms with Gasteiger partial charge in [-0.15, -0.1) is 0 Å². The summed E-state index contributed by atoms with van der Waals surface area (Å²) in [5.74, 6) is 0. The maximum Gasteiger partial charge on any atom is 0.391 e. The molecule has 0 spiro atoms. The second-order valence-corrected chi connectivity index (χ2v) is 6.13. The zero-order chi connectivity index (χ0) is 15.1. The number of fused-ring (bicyclic) bond motifs is 3. The maximum absolute atomic E-state index is 12.9. The zero-order valence-corrected chi connectivity index (χ0v) is 13.2. The van der Waals surface area contributed by atoms with E-state index in [9.17, 15) is 4.32 Å². The number of rotatable bonds is 2. The van der Waals surface area contributed by atoms with E-state index in [-0.39, 0.29) is 0 Å². The molecule has 0 amide bonds. The summed E-state index contributed by atoms with van der Waals surface area (Å²) < 4.78 is 16.1. The fraction of sp³-hybridized carbons (Fsp3) is 0.